The molecule has 2 aromatic heterocycles. The van der Waals surface area contributed by atoms with Crippen LogP contribution in [0, 0.1) is 0 Å². The van der Waals surface area contributed by atoms with Crippen molar-refractivity contribution in [2.24, 2.45) is 0 Å². The lowest BCUT2D eigenvalue weighted by Gasteiger charge is -2.30. The highest BCUT2D eigenvalue weighted by atomic mass is 31.1. The van der Waals surface area contributed by atoms with Crippen LogP contribution in [0.2, 0.25) is 0 Å². The molecule has 282 valence electrons. The number of aromatic hydroxyl groups is 1. The Bertz CT molecular complexity index is 1890. The molecular formula is C32H39FN5O13P. The number of benzene rings is 1. The predicted octanol–water partition coefficient (Wildman–Crippen LogP) is 1.95. The van der Waals surface area contributed by atoms with E-state index >= 15 is 4.39 Å². The minimum atomic E-state index is -3.47. The molecule has 7 atom stereocenters. The molecule has 18 nitrogen and oxygen atoms in total. The second-order valence-corrected chi connectivity index (χ2v) is 13.2. The molecule has 52 heavy (non-hydrogen) atoms. The third-order valence-electron chi connectivity index (χ3n) is 7.86. The van der Waals surface area contributed by atoms with E-state index in [1.54, 1.807) is 19.9 Å². The second kappa shape index (κ2) is 16.9. The first kappa shape index (κ1) is 39.7. The molecule has 3 aromatic rings. The van der Waals surface area contributed by atoms with Gasteiger partial charge in [-0.3, -0.25) is 23.6 Å². The molecule has 2 unspecified atom stereocenters. The Hall–Kier alpha value is -5.10. The number of nitrogens with one attached hydrogen (secondary N) is 1. The van der Waals surface area contributed by atoms with Gasteiger partial charge in [-0.25, -0.2) is 28.1 Å². The van der Waals surface area contributed by atoms with Crippen LogP contribution in [0.15, 0.2) is 70.5 Å². The van der Waals surface area contributed by atoms with E-state index < -0.39 is 93.1 Å². The van der Waals surface area contributed by atoms with Crippen LogP contribution in [-0.2, 0) is 44.4 Å². The van der Waals surface area contributed by atoms with Crippen LogP contribution < -0.4 is 21.2 Å². The highest BCUT2D eigenvalue weighted by Gasteiger charge is 2.55. The topological polar surface area (TPSA) is 227 Å². The number of hydrogen-bond donors (Lipinski definition) is 3. The van der Waals surface area contributed by atoms with Crippen molar-refractivity contribution in [3.8, 4) is 5.75 Å². The van der Waals surface area contributed by atoms with E-state index in [2.05, 4.69) is 15.0 Å². The number of hydrogen-bond acceptors (Lipinski definition) is 14. The van der Waals surface area contributed by atoms with Crippen LogP contribution in [0.4, 0.5) is 14.9 Å². The van der Waals surface area contributed by atoms with Crippen LogP contribution in [0.1, 0.15) is 45.7 Å². The standard InChI is InChI=1S/C32H39FN5O13P/c1-18(2)50-27(42)19(3)38(21-11-6-7-12-22(21)39)52(46)49-16-23-26(41)32(4,33)29(51-23)36-15-13-24(40)37(31(36)45)17-48-28(43)25(35-30(44)47-5)20-10-8-9-14-34-20/h6-15,18-19,23,25-26,29,39,41,52H,16-17H2,1-5H3,(H,35,44)/t19-,23+,25?,26+,29+,32+/m0/s1. The highest BCUT2D eigenvalue weighted by molar-refractivity contribution is 7.41. The van der Waals surface area contributed by atoms with Crippen LogP contribution >= 0.6 is 8.18 Å². The van der Waals surface area contributed by atoms with Crippen LogP contribution in [-0.4, -0.2) is 86.1 Å². The van der Waals surface area contributed by atoms with E-state index in [4.69, 9.17) is 18.7 Å². The first-order valence-corrected chi connectivity index (χ1v) is 17.1. The monoisotopic (exact) mass is 751 g/mol. The third-order valence-corrected chi connectivity index (χ3v) is 9.29. The number of anilines is 1. The van der Waals surface area contributed by atoms with Crippen molar-refractivity contribution in [1.29, 1.82) is 0 Å². The first-order valence-electron chi connectivity index (χ1n) is 15.8. The number of nitrogens with zero attached hydrogens (tertiary/aromatic N) is 4. The predicted molar refractivity (Wildman–Crippen MR) is 179 cm³/mol. The molecule has 4 rings (SSSR count). The van der Waals surface area contributed by atoms with Gasteiger partial charge in [0.25, 0.3) is 13.7 Å². The first-order chi connectivity index (χ1) is 24.6. The average molecular weight is 752 g/mol. The summed E-state index contributed by atoms with van der Waals surface area (Å²) in [6.07, 6.45) is -4.61. The fourth-order valence-electron chi connectivity index (χ4n) is 5.16. The maximum absolute atomic E-state index is 16.1. The van der Waals surface area contributed by atoms with E-state index in [1.807, 2.05) is 0 Å². The molecule has 20 heteroatoms. The molecule has 0 aliphatic carbocycles. The van der Waals surface area contributed by atoms with Crippen molar-refractivity contribution in [3.05, 3.63) is 87.5 Å². The van der Waals surface area contributed by atoms with Gasteiger partial charge in [-0.05, 0) is 52.0 Å². The summed E-state index contributed by atoms with van der Waals surface area (Å²) in [6.45, 7) is 3.86. The fourth-order valence-corrected chi connectivity index (χ4v) is 6.41. The molecular weight excluding hydrogens is 712 g/mol. The van der Waals surface area contributed by atoms with Gasteiger partial charge in [0.05, 0.1) is 31.2 Å². The quantitative estimate of drug-likeness (QED) is 0.122. The van der Waals surface area contributed by atoms with Gasteiger partial charge in [-0.2, -0.15) is 0 Å². The van der Waals surface area contributed by atoms with Crippen LogP contribution in [0.3, 0.4) is 0 Å². The van der Waals surface area contributed by atoms with Crippen molar-refractivity contribution < 1.29 is 57.0 Å². The minimum absolute atomic E-state index is 0.0253. The van der Waals surface area contributed by atoms with E-state index in [-0.39, 0.29) is 17.1 Å². The summed E-state index contributed by atoms with van der Waals surface area (Å²) >= 11 is 0. The average Bonchev–Trinajstić information content (AvgIpc) is 3.33. The number of aromatic nitrogens is 3. The van der Waals surface area contributed by atoms with Crippen molar-refractivity contribution in [1.82, 2.24) is 19.4 Å². The Morgan fingerprint density at radius 2 is 1.81 bits per heavy atom. The Balaban J connectivity index is 1.53. The summed E-state index contributed by atoms with van der Waals surface area (Å²) in [5.41, 5.74) is -4.82. The van der Waals surface area contributed by atoms with Gasteiger partial charge in [0, 0.05) is 18.5 Å². The lowest BCUT2D eigenvalue weighted by atomic mass is 9.98. The van der Waals surface area contributed by atoms with Gasteiger partial charge in [0.2, 0.25) is 0 Å². The summed E-state index contributed by atoms with van der Waals surface area (Å²) in [6, 6.07) is 8.40. The van der Waals surface area contributed by atoms with E-state index in [1.165, 1.54) is 49.5 Å². The molecule has 1 aliphatic rings. The van der Waals surface area contributed by atoms with Gasteiger partial charge in [-0.15, -0.1) is 0 Å². The van der Waals surface area contributed by atoms with E-state index in [0.717, 1.165) is 31.0 Å². The number of ether oxygens (including phenoxy) is 4. The Labute approximate surface area is 296 Å². The Morgan fingerprint density at radius 3 is 2.44 bits per heavy atom. The Kier molecular flexibility index (Phi) is 12.9. The number of halogens is 1. The molecule has 0 saturated carbocycles. The number of phenolic OH excluding ortho intramolecular Hbond substituents is 1. The van der Waals surface area contributed by atoms with Crippen molar-refractivity contribution in [2.45, 2.75) is 76.7 Å². The second-order valence-electron chi connectivity index (χ2n) is 11.9. The number of amides is 1. The lowest BCUT2D eigenvalue weighted by Crippen LogP contribution is -2.47. The summed E-state index contributed by atoms with van der Waals surface area (Å²) in [4.78, 5) is 67.8. The van der Waals surface area contributed by atoms with Gasteiger partial charge in [0.1, 0.15) is 24.0 Å². The SMILES string of the molecule is COC(=O)NC(C(=O)OCn1c(=O)ccn([C@@H]2O[C@H](CO[PH](=O)N(c3ccccc3O)[C@@H](C)C(=O)OC(C)C)[C@@H](O)[C@@]2(C)F)c1=O)c1ccccn1. The maximum Gasteiger partial charge on any atom is 0.407 e. The zero-order valence-corrected chi connectivity index (χ0v) is 29.7. The van der Waals surface area contributed by atoms with E-state index in [0.29, 0.717) is 9.13 Å². The van der Waals surface area contributed by atoms with E-state index in [9.17, 15) is 38.8 Å². The largest absolute Gasteiger partial charge is 0.506 e. The molecule has 3 heterocycles. The summed E-state index contributed by atoms with van der Waals surface area (Å²) < 4.78 is 57.9. The number of phenols is 1. The van der Waals surface area contributed by atoms with Crippen molar-refractivity contribution >= 4 is 31.9 Å². The summed E-state index contributed by atoms with van der Waals surface area (Å²) in [7, 11) is -2.41. The number of rotatable bonds is 14. The summed E-state index contributed by atoms with van der Waals surface area (Å²) in [5, 5.41) is 23.6. The molecule has 0 spiro atoms. The number of carbonyl (C=O) groups is 3. The zero-order chi connectivity index (χ0) is 38.3. The summed E-state index contributed by atoms with van der Waals surface area (Å²) in [5.74, 6) is -2.22. The normalized spacial score (nSPS) is 21.5. The molecule has 1 amide bonds. The molecule has 1 aliphatic heterocycles. The zero-order valence-electron chi connectivity index (χ0n) is 28.7. The van der Waals surface area contributed by atoms with Gasteiger partial charge in [-0.1, -0.05) is 18.2 Å². The number of aliphatic hydroxyl groups excluding tert-OH is 1. The molecule has 0 radical (unpaired) electrons. The number of carbonyl (C=O) groups excluding carboxylic acids is 3. The minimum Gasteiger partial charge on any atom is -0.506 e. The number of aliphatic hydroxyl groups is 1. The number of methoxy groups -OCH3 is 1. The smallest absolute Gasteiger partial charge is 0.407 e. The third kappa shape index (κ3) is 8.85. The van der Waals surface area contributed by atoms with Crippen LogP contribution in [0.5, 0.6) is 5.75 Å². The highest BCUT2D eigenvalue weighted by Crippen LogP contribution is 2.44. The molecule has 1 saturated heterocycles. The molecule has 3 N–H and O–H groups in total. The number of esters is 2. The Morgan fingerprint density at radius 1 is 1.12 bits per heavy atom. The maximum atomic E-state index is 16.1. The fraction of sp³-hybridized carbons (Fsp3) is 0.438. The number of alkyl halides is 1. The van der Waals surface area contributed by atoms with Crippen molar-refractivity contribution in [3.63, 3.8) is 0 Å². The molecule has 0 bridgehead atoms. The molecule has 1 aromatic carbocycles. The van der Waals surface area contributed by atoms with Crippen molar-refractivity contribution in [2.75, 3.05) is 18.4 Å². The molecule has 1 fully saturated rings. The van der Waals surface area contributed by atoms with Gasteiger partial charge in [0.15, 0.2) is 24.7 Å². The number of alkyl carbamates (subject to hydrolysis) is 1. The van der Waals surface area contributed by atoms with Crippen LogP contribution in [0.25, 0.3) is 0 Å². The van der Waals surface area contributed by atoms with Gasteiger partial charge < -0.3 is 39.0 Å². The number of para-hydroxylation sites is 2. The van der Waals surface area contributed by atoms with Gasteiger partial charge >= 0.3 is 23.7 Å². The number of pyridine rings is 1. The lowest BCUT2D eigenvalue weighted by molar-refractivity contribution is -0.151.